The van der Waals surface area contributed by atoms with Crippen LogP contribution in [0.1, 0.15) is 30.9 Å². The Bertz CT molecular complexity index is 972. The molecule has 1 fully saturated rings. The van der Waals surface area contributed by atoms with Crippen LogP contribution in [0.25, 0.3) is 5.57 Å². The molecule has 7 nitrogen and oxygen atoms in total. The second-order valence-electron chi connectivity index (χ2n) is 7.87. The summed E-state index contributed by atoms with van der Waals surface area (Å²) in [6, 6.07) is 10.9. The predicted octanol–water partition coefficient (Wildman–Crippen LogP) is 2.46. The van der Waals surface area contributed by atoms with Crippen LogP contribution >= 0.6 is 0 Å². The summed E-state index contributed by atoms with van der Waals surface area (Å²) in [7, 11) is 0. The lowest BCUT2D eigenvalue weighted by Crippen LogP contribution is -2.40. The average molecular weight is 421 g/mol. The van der Waals surface area contributed by atoms with Crippen LogP contribution in [0.15, 0.2) is 54.5 Å². The predicted molar refractivity (Wildman–Crippen MR) is 116 cm³/mol. The zero-order valence-corrected chi connectivity index (χ0v) is 17.7. The molecule has 1 saturated heterocycles. The van der Waals surface area contributed by atoms with Gasteiger partial charge in [-0.15, -0.1) is 0 Å². The largest absolute Gasteiger partial charge is 0.494 e. The molecule has 1 aromatic heterocycles. The summed E-state index contributed by atoms with van der Waals surface area (Å²) in [5, 5.41) is 9.66. The lowest BCUT2D eigenvalue weighted by Gasteiger charge is -2.34. The molecule has 2 aliphatic rings. The molecule has 3 heterocycles. The number of imide groups is 1. The van der Waals surface area contributed by atoms with Crippen molar-refractivity contribution < 1.29 is 19.4 Å². The smallest absolute Gasteiger partial charge is 0.278 e. The molecular formula is C24H27N3O4. The zero-order chi connectivity index (χ0) is 21.8. The molecule has 0 saturated carbocycles. The first-order valence-electron chi connectivity index (χ1n) is 10.7. The molecular weight excluding hydrogens is 394 g/mol. The number of likely N-dealkylation sites (tertiary alicyclic amines) is 1. The fourth-order valence-corrected chi connectivity index (χ4v) is 4.23. The van der Waals surface area contributed by atoms with Crippen molar-refractivity contribution in [3.05, 3.63) is 65.6 Å². The number of carbonyl (C=O) groups is 2. The molecule has 2 amide bonds. The Balaban J connectivity index is 1.71. The number of aliphatic hydroxyl groups excluding tert-OH is 1. The van der Waals surface area contributed by atoms with E-state index >= 15 is 0 Å². The SMILES string of the molecule is CCOc1ccc(C2=C(N3CCCC(CO)C3)C(=O)N(Cc3ccncc3)C2=O)cc1. The van der Waals surface area contributed by atoms with Gasteiger partial charge < -0.3 is 14.7 Å². The number of hydrogen-bond donors (Lipinski definition) is 1. The number of piperidine rings is 1. The third-order valence-corrected chi connectivity index (χ3v) is 5.78. The molecule has 0 aliphatic carbocycles. The number of pyridine rings is 1. The highest BCUT2D eigenvalue weighted by molar-refractivity contribution is 6.35. The van der Waals surface area contributed by atoms with Crippen molar-refractivity contribution in [2.75, 3.05) is 26.3 Å². The number of aliphatic hydroxyl groups is 1. The van der Waals surface area contributed by atoms with Crippen LogP contribution in [-0.4, -0.2) is 58.0 Å². The van der Waals surface area contributed by atoms with E-state index in [0.717, 1.165) is 24.2 Å². The molecule has 1 N–H and O–H groups in total. The first-order chi connectivity index (χ1) is 15.1. The van der Waals surface area contributed by atoms with Gasteiger partial charge in [-0.1, -0.05) is 12.1 Å². The Kier molecular flexibility index (Phi) is 6.32. The van der Waals surface area contributed by atoms with E-state index in [-0.39, 0.29) is 30.9 Å². The van der Waals surface area contributed by atoms with Crippen LogP contribution in [-0.2, 0) is 16.1 Å². The number of ether oxygens (including phenoxy) is 1. The van der Waals surface area contributed by atoms with Crippen molar-refractivity contribution >= 4 is 17.4 Å². The number of nitrogens with zero attached hydrogens (tertiary/aromatic N) is 3. The van der Waals surface area contributed by atoms with Crippen LogP contribution in [0.4, 0.5) is 0 Å². The summed E-state index contributed by atoms with van der Waals surface area (Å²) in [6.45, 7) is 3.99. The van der Waals surface area contributed by atoms with Gasteiger partial charge in [0, 0.05) is 32.1 Å². The number of hydrogen-bond acceptors (Lipinski definition) is 6. The van der Waals surface area contributed by atoms with Gasteiger partial charge in [0.1, 0.15) is 11.4 Å². The maximum absolute atomic E-state index is 13.5. The van der Waals surface area contributed by atoms with Crippen molar-refractivity contribution in [1.29, 1.82) is 0 Å². The normalized spacial score (nSPS) is 19.4. The molecule has 0 bridgehead atoms. The van der Waals surface area contributed by atoms with E-state index in [1.165, 1.54) is 4.90 Å². The van der Waals surface area contributed by atoms with Crippen molar-refractivity contribution in [3.8, 4) is 5.75 Å². The molecule has 2 aromatic rings. The van der Waals surface area contributed by atoms with Crippen LogP contribution < -0.4 is 4.74 Å². The maximum atomic E-state index is 13.5. The fraction of sp³-hybridized carbons (Fsp3) is 0.375. The lowest BCUT2D eigenvalue weighted by atomic mass is 9.97. The topological polar surface area (TPSA) is 83.0 Å². The van der Waals surface area contributed by atoms with E-state index in [1.54, 1.807) is 24.5 Å². The highest BCUT2D eigenvalue weighted by Gasteiger charge is 2.42. The van der Waals surface area contributed by atoms with E-state index < -0.39 is 0 Å². The number of aromatic nitrogens is 1. The van der Waals surface area contributed by atoms with Gasteiger partial charge in [-0.3, -0.25) is 19.5 Å². The number of benzene rings is 1. The quantitative estimate of drug-likeness (QED) is 0.692. The van der Waals surface area contributed by atoms with Crippen LogP contribution in [0, 0.1) is 5.92 Å². The monoisotopic (exact) mass is 421 g/mol. The second kappa shape index (κ2) is 9.31. The van der Waals surface area contributed by atoms with E-state index in [4.69, 9.17) is 4.74 Å². The second-order valence-corrected chi connectivity index (χ2v) is 7.87. The summed E-state index contributed by atoms with van der Waals surface area (Å²) in [5.41, 5.74) is 2.39. The summed E-state index contributed by atoms with van der Waals surface area (Å²) in [6.07, 6.45) is 5.09. The molecule has 1 atom stereocenters. The van der Waals surface area contributed by atoms with E-state index in [2.05, 4.69) is 4.98 Å². The highest BCUT2D eigenvalue weighted by Crippen LogP contribution is 2.35. The Morgan fingerprint density at radius 3 is 2.52 bits per heavy atom. The van der Waals surface area contributed by atoms with Gasteiger partial charge in [0.05, 0.1) is 18.7 Å². The minimum Gasteiger partial charge on any atom is -0.494 e. The number of rotatable bonds is 7. The Labute approximate surface area is 182 Å². The van der Waals surface area contributed by atoms with Crippen molar-refractivity contribution in [2.24, 2.45) is 5.92 Å². The zero-order valence-electron chi connectivity index (χ0n) is 17.7. The van der Waals surface area contributed by atoms with Gasteiger partial charge in [0.15, 0.2) is 0 Å². The first kappa shape index (κ1) is 21.1. The summed E-state index contributed by atoms with van der Waals surface area (Å²) < 4.78 is 5.52. The third kappa shape index (κ3) is 4.32. The molecule has 0 spiro atoms. The van der Waals surface area contributed by atoms with Gasteiger partial charge in [-0.05, 0) is 61.1 Å². The Morgan fingerprint density at radius 2 is 1.84 bits per heavy atom. The summed E-state index contributed by atoms with van der Waals surface area (Å²) in [5.74, 6) is 0.230. The number of amides is 2. The molecule has 162 valence electrons. The minimum atomic E-state index is -0.299. The van der Waals surface area contributed by atoms with Crippen LogP contribution in [0.2, 0.25) is 0 Å². The van der Waals surface area contributed by atoms with Crippen LogP contribution in [0.3, 0.4) is 0 Å². The van der Waals surface area contributed by atoms with Crippen molar-refractivity contribution in [2.45, 2.75) is 26.3 Å². The van der Waals surface area contributed by atoms with E-state index in [9.17, 15) is 14.7 Å². The van der Waals surface area contributed by atoms with Gasteiger partial charge in [0.2, 0.25) is 0 Å². The molecule has 2 aliphatic heterocycles. The highest BCUT2D eigenvalue weighted by atomic mass is 16.5. The van der Waals surface area contributed by atoms with Crippen molar-refractivity contribution in [3.63, 3.8) is 0 Å². The van der Waals surface area contributed by atoms with Crippen LogP contribution in [0.5, 0.6) is 5.75 Å². The molecule has 7 heteroatoms. The van der Waals surface area contributed by atoms with Gasteiger partial charge in [-0.2, -0.15) is 0 Å². The lowest BCUT2D eigenvalue weighted by molar-refractivity contribution is -0.138. The van der Waals surface area contributed by atoms with Crippen molar-refractivity contribution in [1.82, 2.24) is 14.8 Å². The Hall–Kier alpha value is -3.19. The van der Waals surface area contributed by atoms with E-state index in [0.29, 0.717) is 36.5 Å². The van der Waals surface area contributed by atoms with Gasteiger partial charge >= 0.3 is 0 Å². The summed E-state index contributed by atoms with van der Waals surface area (Å²) >= 11 is 0. The third-order valence-electron chi connectivity index (χ3n) is 5.78. The van der Waals surface area contributed by atoms with Gasteiger partial charge in [-0.25, -0.2) is 0 Å². The number of carbonyl (C=O) groups excluding carboxylic acids is 2. The average Bonchev–Trinajstić information content (AvgIpc) is 3.05. The molecule has 1 aromatic carbocycles. The fourth-order valence-electron chi connectivity index (χ4n) is 4.23. The first-order valence-corrected chi connectivity index (χ1v) is 10.7. The molecule has 1 unspecified atom stereocenters. The standard InChI is InChI=1S/C24H27N3O4/c1-2-31-20-7-5-19(6-8-20)21-22(26-13-3-4-18(14-26)16-28)24(30)27(23(21)29)15-17-9-11-25-12-10-17/h5-12,18,28H,2-4,13-16H2,1H3. The molecule has 0 radical (unpaired) electrons. The summed E-state index contributed by atoms with van der Waals surface area (Å²) in [4.78, 5) is 34.2. The van der Waals surface area contributed by atoms with E-state index in [1.807, 2.05) is 36.1 Å². The molecule has 4 rings (SSSR count). The minimum absolute atomic E-state index is 0.0744. The molecule has 31 heavy (non-hydrogen) atoms. The van der Waals surface area contributed by atoms with Gasteiger partial charge in [0.25, 0.3) is 11.8 Å². The maximum Gasteiger partial charge on any atom is 0.278 e. The Morgan fingerprint density at radius 1 is 1.10 bits per heavy atom.